The normalized spacial score (nSPS) is 10.9. The number of nitrogens with one attached hydrogen (secondary N) is 1. The number of benzene rings is 1. The Labute approximate surface area is 89.5 Å². The molecule has 3 nitrogen and oxygen atoms in total. The highest BCUT2D eigenvalue weighted by Crippen LogP contribution is 2.15. The number of rotatable bonds is 5. The third-order valence-electron chi connectivity index (χ3n) is 2.14. The molecular formula is C11H17FN2O. The van der Waals surface area contributed by atoms with Gasteiger partial charge in [-0.15, -0.1) is 0 Å². The van der Waals surface area contributed by atoms with Gasteiger partial charge in [0.1, 0.15) is 11.6 Å². The van der Waals surface area contributed by atoms with Crippen LogP contribution in [0.4, 0.5) is 4.39 Å². The minimum absolute atomic E-state index is 0.0213. The highest BCUT2D eigenvalue weighted by molar-refractivity contribution is 5.28. The van der Waals surface area contributed by atoms with Gasteiger partial charge in [-0.1, -0.05) is 0 Å². The monoisotopic (exact) mass is 212 g/mol. The molecule has 0 amide bonds. The summed E-state index contributed by atoms with van der Waals surface area (Å²) in [6.45, 7) is 2.40. The molecule has 84 valence electrons. The number of phenolic OH excluding ortho intramolecular Hbond substituents is 1. The van der Waals surface area contributed by atoms with Gasteiger partial charge < -0.3 is 15.3 Å². The van der Waals surface area contributed by atoms with Crippen LogP contribution in [0, 0.1) is 5.82 Å². The highest BCUT2D eigenvalue weighted by atomic mass is 19.1. The Bertz CT molecular complexity index is 297. The smallest absolute Gasteiger partial charge is 0.127 e. The van der Waals surface area contributed by atoms with Crippen molar-refractivity contribution in [3.63, 3.8) is 0 Å². The van der Waals surface area contributed by atoms with Gasteiger partial charge in [-0.2, -0.15) is 0 Å². The van der Waals surface area contributed by atoms with Crippen molar-refractivity contribution in [3.05, 3.63) is 29.6 Å². The van der Waals surface area contributed by atoms with E-state index >= 15 is 0 Å². The number of hydrogen-bond donors (Lipinski definition) is 2. The van der Waals surface area contributed by atoms with Gasteiger partial charge in [0.05, 0.1) is 0 Å². The van der Waals surface area contributed by atoms with Crippen LogP contribution in [-0.2, 0) is 6.54 Å². The van der Waals surface area contributed by atoms with E-state index in [1.165, 1.54) is 6.07 Å². The lowest BCUT2D eigenvalue weighted by atomic mass is 10.2. The van der Waals surface area contributed by atoms with Gasteiger partial charge in [0.25, 0.3) is 0 Å². The predicted molar refractivity (Wildman–Crippen MR) is 58.3 cm³/mol. The van der Waals surface area contributed by atoms with Crippen LogP contribution in [0.5, 0.6) is 5.75 Å². The lowest BCUT2D eigenvalue weighted by molar-refractivity contribution is 0.327. The fraction of sp³-hybridized carbons (Fsp3) is 0.455. The fourth-order valence-corrected chi connectivity index (χ4v) is 1.42. The summed E-state index contributed by atoms with van der Waals surface area (Å²) < 4.78 is 12.9. The summed E-state index contributed by atoms with van der Waals surface area (Å²) in [6.07, 6.45) is 0. The molecule has 0 saturated heterocycles. The lowest BCUT2D eigenvalue weighted by Crippen LogP contribution is -2.26. The maximum atomic E-state index is 12.9. The summed E-state index contributed by atoms with van der Waals surface area (Å²) in [7, 11) is 3.85. The van der Waals surface area contributed by atoms with Crippen LogP contribution in [0.3, 0.4) is 0 Å². The number of aromatic hydroxyl groups is 1. The van der Waals surface area contributed by atoms with Gasteiger partial charge in [-0.25, -0.2) is 4.39 Å². The lowest BCUT2D eigenvalue weighted by Gasteiger charge is -2.16. The molecule has 0 fully saturated rings. The van der Waals surface area contributed by atoms with Crippen LogP contribution < -0.4 is 5.32 Å². The second-order valence-electron chi connectivity index (χ2n) is 3.66. The van der Waals surface area contributed by atoms with E-state index in [1.807, 2.05) is 14.1 Å². The van der Waals surface area contributed by atoms with Crippen LogP contribution >= 0.6 is 0 Å². The van der Waals surface area contributed by atoms with Crippen molar-refractivity contribution in [2.45, 2.75) is 6.54 Å². The van der Waals surface area contributed by atoms with Crippen molar-refractivity contribution < 1.29 is 9.50 Å². The van der Waals surface area contributed by atoms with Crippen LogP contribution in [0.1, 0.15) is 5.56 Å². The van der Waals surface area contributed by atoms with Crippen LogP contribution in [0.25, 0.3) is 0 Å². The second-order valence-corrected chi connectivity index (χ2v) is 3.66. The molecule has 0 radical (unpaired) electrons. The minimum Gasteiger partial charge on any atom is -0.508 e. The van der Waals surface area contributed by atoms with Crippen molar-refractivity contribution in [1.29, 1.82) is 0 Å². The standard InChI is InChI=1S/C11H17FN2O/c1-13-3-4-14(2)8-9-5-10(12)7-11(15)6-9/h5-7,13,15H,3-4,8H2,1-2H3. The zero-order valence-corrected chi connectivity index (χ0v) is 9.13. The topological polar surface area (TPSA) is 35.5 Å². The van der Waals surface area contributed by atoms with Gasteiger partial charge >= 0.3 is 0 Å². The molecule has 0 heterocycles. The molecule has 0 aliphatic rings. The fourth-order valence-electron chi connectivity index (χ4n) is 1.42. The molecule has 15 heavy (non-hydrogen) atoms. The molecule has 0 unspecified atom stereocenters. The molecule has 1 aromatic rings. The van der Waals surface area contributed by atoms with E-state index in [4.69, 9.17) is 0 Å². The quantitative estimate of drug-likeness (QED) is 0.769. The summed E-state index contributed by atoms with van der Waals surface area (Å²) in [4.78, 5) is 2.06. The Balaban J connectivity index is 2.56. The molecule has 0 aromatic heterocycles. The Morgan fingerprint density at radius 2 is 2.13 bits per heavy atom. The zero-order chi connectivity index (χ0) is 11.3. The first kappa shape index (κ1) is 11.9. The Hall–Kier alpha value is -1.13. The van der Waals surface area contributed by atoms with Gasteiger partial charge in [0.2, 0.25) is 0 Å². The second kappa shape index (κ2) is 5.68. The number of nitrogens with zero attached hydrogens (tertiary/aromatic N) is 1. The van der Waals surface area contributed by atoms with Gasteiger partial charge in [0, 0.05) is 25.7 Å². The van der Waals surface area contributed by atoms with E-state index in [2.05, 4.69) is 10.2 Å². The van der Waals surface area contributed by atoms with Crippen LogP contribution in [-0.4, -0.2) is 37.2 Å². The highest BCUT2D eigenvalue weighted by Gasteiger charge is 2.03. The van der Waals surface area contributed by atoms with E-state index in [9.17, 15) is 9.50 Å². The van der Waals surface area contributed by atoms with Crippen LogP contribution in [0.15, 0.2) is 18.2 Å². The predicted octanol–water partition coefficient (Wildman–Crippen LogP) is 1.18. The first-order valence-corrected chi connectivity index (χ1v) is 4.93. The minimum atomic E-state index is -0.396. The third-order valence-corrected chi connectivity index (χ3v) is 2.14. The van der Waals surface area contributed by atoms with E-state index in [0.717, 1.165) is 24.7 Å². The third kappa shape index (κ3) is 4.27. The van der Waals surface area contributed by atoms with Gasteiger partial charge in [-0.05, 0) is 31.8 Å². The van der Waals surface area contributed by atoms with E-state index < -0.39 is 5.82 Å². The summed E-state index contributed by atoms with van der Waals surface area (Å²) in [5.74, 6) is -0.418. The van der Waals surface area contributed by atoms with Crippen molar-refractivity contribution in [1.82, 2.24) is 10.2 Å². The molecule has 1 aromatic carbocycles. The summed E-state index contributed by atoms with van der Waals surface area (Å²) in [5.41, 5.74) is 0.783. The number of likely N-dealkylation sites (N-methyl/N-ethyl adjacent to an activating group) is 2. The van der Waals surface area contributed by atoms with Gasteiger partial charge in [0.15, 0.2) is 0 Å². The first-order valence-electron chi connectivity index (χ1n) is 4.93. The maximum Gasteiger partial charge on any atom is 0.127 e. The molecule has 0 spiro atoms. The maximum absolute atomic E-state index is 12.9. The molecule has 1 rings (SSSR count). The first-order chi connectivity index (χ1) is 7.11. The van der Waals surface area contributed by atoms with E-state index in [-0.39, 0.29) is 5.75 Å². The van der Waals surface area contributed by atoms with Crippen molar-refractivity contribution >= 4 is 0 Å². The Morgan fingerprint density at radius 1 is 1.40 bits per heavy atom. The molecule has 0 saturated carbocycles. The molecular weight excluding hydrogens is 195 g/mol. The van der Waals surface area contributed by atoms with E-state index in [1.54, 1.807) is 6.07 Å². The summed E-state index contributed by atoms with van der Waals surface area (Å²) >= 11 is 0. The largest absolute Gasteiger partial charge is 0.508 e. The van der Waals surface area contributed by atoms with Gasteiger partial charge in [-0.3, -0.25) is 0 Å². The summed E-state index contributed by atoms with van der Waals surface area (Å²) in [6, 6.07) is 4.13. The summed E-state index contributed by atoms with van der Waals surface area (Å²) in [5, 5.41) is 12.3. The van der Waals surface area contributed by atoms with Crippen molar-refractivity contribution in [2.24, 2.45) is 0 Å². The Morgan fingerprint density at radius 3 is 2.73 bits per heavy atom. The van der Waals surface area contributed by atoms with E-state index in [0.29, 0.717) is 6.54 Å². The average Bonchev–Trinajstić information content (AvgIpc) is 2.13. The molecule has 0 atom stereocenters. The molecule has 0 bridgehead atoms. The number of halogens is 1. The molecule has 0 aliphatic heterocycles. The molecule has 0 aliphatic carbocycles. The van der Waals surface area contributed by atoms with Crippen LogP contribution in [0.2, 0.25) is 0 Å². The van der Waals surface area contributed by atoms with Crippen molar-refractivity contribution in [2.75, 3.05) is 27.2 Å². The zero-order valence-electron chi connectivity index (χ0n) is 9.13. The SMILES string of the molecule is CNCCN(C)Cc1cc(O)cc(F)c1. The number of phenols is 1. The Kier molecular flexibility index (Phi) is 4.52. The molecule has 2 N–H and O–H groups in total. The number of hydrogen-bond acceptors (Lipinski definition) is 3. The van der Waals surface area contributed by atoms with Crippen molar-refractivity contribution in [3.8, 4) is 5.75 Å². The average molecular weight is 212 g/mol. The molecule has 4 heteroatoms.